The van der Waals surface area contributed by atoms with Crippen LogP contribution in [0.25, 0.3) is 0 Å². The summed E-state index contributed by atoms with van der Waals surface area (Å²) < 4.78 is 44.5. The highest BCUT2D eigenvalue weighted by Crippen LogP contribution is 2.64. The van der Waals surface area contributed by atoms with Crippen LogP contribution in [0.5, 0.6) is 11.6 Å². The molecular formula is C23H31N3O6S. The first-order valence-corrected chi connectivity index (χ1v) is 12.1. The minimum Gasteiger partial charge on any atom is -0.492 e. The zero-order valence-electron chi connectivity index (χ0n) is 19.7. The van der Waals surface area contributed by atoms with Crippen LogP contribution in [-0.2, 0) is 14.9 Å². The Morgan fingerprint density at radius 3 is 2.33 bits per heavy atom. The van der Waals surface area contributed by atoms with E-state index in [-0.39, 0.29) is 11.3 Å². The number of aromatic nitrogens is 1. The first-order chi connectivity index (χ1) is 15.3. The van der Waals surface area contributed by atoms with Crippen molar-refractivity contribution in [2.45, 2.75) is 46.1 Å². The molecule has 1 aliphatic rings. The van der Waals surface area contributed by atoms with E-state index in [2.05, 4.69) is 23.6 Å². The van der Waals surface area contributed by atoms with Gasteiger partial charge >= 0.3 is 16.3 Å². The Morgan fingerprint density at radius 1 is 1.12 bits per heavy atom. The lowest BCUT2D eigenvalue weighted by Gasteiger charge is -2.19. The topological polar surface area (TPSA) is 116 Å². The Morgan fingerprint density at radius 2 is 1.79 bits per heavy atom. The van der Waals surface area contributed by atoms with Gasteiger partial charge in [0, 0.05) is 12.0 Å². The van der Waals surface area contributed by atoms with Crippen molar-refractivity contribution in [1.82, 2.24) is 9.71 Å². The summed E-state index contributed by atoms with van der Waals surface area (Å²) in [4.78, 5) is 15.9. The van der Waals surface area contributed by atoms with Crippen molar-refractivity contribution in [3.8, 4) is 11.6 Å². The molecule has 0 spiro atoms. The molecule has 2 atom stereocenters. The van der Waals surface area contributed by atoms with Gasteiger partial charge in [-0.2, -0.15) is 8.42 Å². The highest BCUT2D eigenvalue weighted by Gasteiger charge is 2.58. The molecule has 9 nitrogen and oxygen atoms in total. The van der Waals surface area contributed by atoms with Crippen molar-refractivity contribution >= 4 is 22.0 Å². The predicted octanol–water partition coefficient (Wildman–Crippen LogP) is 4.09. The minimum absolute atomic E-state index is 0.0409. The summed E-state index contributed by atoms with van der Waals surface area (Å²) in [5.41, 5.74) is 0.664. The van der Waals surface area contributed by atoms with Crippen molar-refractivity contribution in [3.63, 3.8) is 0 Å². The molecule has 1 heterocycles. The lowest BCUT2D eigenvalue weighted by Crippen LogP contribution is -2.39. The molecular weight excluding hydrogens is 446 g/mol. The fourth-order valence-corrected chi connectivity index (χ4v) is 4.58. The van der Waals surface area contributed by atoms with Crippen molar-refractivity contribution in [2.75, 3.05) is 18.4 Å². The zero-order chi connectivity index (χ0) is 24.4. The number of methoxy groups -OCH3 is 1. The second-order valence-corrected chi connectivity index (χ2v) is 11.0. The first kappa shape index (κ1) is 24.6. The highest BCUT2D eigenvalue weighted by molar-refractivity contribution is 7.91. The van der Waals surface area contributed by atoms with Crippen molar-refractivity contribution in [3.05, 3.63) is 48.2 Å². The quantitative estimate of drug-likeness (QED) is 0.588. The summed E-state index contributed by atoms with van der Waals surface area (Å²) >= 11 is 0. The Hall–Kier alpha value is -3.01. The molecule has 33 heavy (non-hydrogen) atoms. The summed E-state index contributed by atoms with van der Waals surface area (Å²) in [6, 6.07) is 10.7. The first-order valence-electron chi connectivity index (χ1n) is 10.6. The van der Waals surface area contributed by atoms with Gasteiger partial charge in [-0.3, -0.25) is 4.72 Å². The van der Waals surface area contributed by atoms with Gasteiger partial charge in [0.2, 0.25) is 5.88 Å². The minimum atomic E-state index is -4.11. The van der Waals surface area contributed by atoms with Crippen LogP contribution in [-0.4, -0.2) is 38.8 Å². The van der Waals surface area contributed by atoms with E-state index in [1.54, 1.807) is 52.3 Å². The molecule has 180 valence electrons. The molecule has 0 aliphatic heterocycles. The zero-order valence-corrected chi connectivity index (χ0v) is 20.5. The van der Waals surface area contributed by atoms with Crippen molar-refractivity contribution in [2.24, 2.45) is 11.3 Å². The van der Waals surface area contributed by atoms with Gasteiger partial charge in [0.05, 0.1) is 25.6 Å². The Kier molecular flexibility index (Phi) is 6.78. The summed E-state index contributed by atoms with van der Waals surface area (Å²) in [7, 11) is -2.55. The fourth-order valence-electron chi connectivity index (χ4n) is 3.82. The van der Waals surface area contributed by atoms with E-state index in [4.69, 9.17) is 14.2 Å². The van der Waals surface area contributed by atoms with Crippen LogP contribution in [0.1, 0.15) is 46.1 Å². The normalized spacial score (nSPS) is 19.3. The highest BCUT2D eigenvalue weighted by atomic mass is 32.2. The molecule has 1 aliphatic carbocycles. The summed E-state index contributed by atoms with van der Waals surface area (Å²) in [5.74, 6) is 1.79. The van der Waals surface area contributed by atoms with Crippen LogP contribution in [0.3, 0.4) is 0 Å². The number of ether oxygens (including phenoxy) is 3. The van der Waals surface area contributed by atoms with Gasteiger partial charge in [0.1, 0.15) is 11.4 Å². The van der Waals surface area contributed by atoms with E-state index in [0.717, 1.165) is 5.56 Å². The van der Waals surface area contributed by atoms with Crippen LogP contribution < -0.4 is 18.9 Å². The number of hydrogen-bond acceptors (Lipinski definition) is 7. The molecule has 1 fully saturated rings. The van der Waals surface area contributed by atoms with E-state index in [1.165, 1.54) is 0 Å². The number of carbonyl (C=O) groups is 1. The van der Waals surface area contributed by atoms with E-state index in [0.29, 0.717) is 29.8 Å². The maximum Gasteiger partial charge on any atom is 0.422 e. The number of nitrogens with one attached hydrogen (secondary N) is 2. The maximum absolute atomic E-state index is 12.2. The molecule has 2 N–H and O–H groups in total. The summed E-state index contributed by atoms with van der Waals surface area (Å²) in [5, 5.41) is 0. The molecule has 0 saturated heterocycles. The molecule has 10 heteroatoms. The standard InChI is InChI=1S/C23H31N3O6S/c1-22(2,3)32-21(27)26-33(28,29)25-16-9-7-15(8-10-16)20-18(23(20,4)5)14-31-17-11-12-19(30-6)24-13-17/h7-13,18,20,25H,14H2,1-6H3,(H,26,27)/t18-,20-/m0/s1. The Bertz CT molecular complexity index is 1080. The number of hydrogen-bond donors (Lipinski definition) is 2. The van der Waals surface area contributed by atoms with E-state index < -0.39 is 21.9 Å². The molecule has 1 amide bonds. The van der Waals surface area contributed by atoms with Crippen LogP contribution in [0.4, 0.5) is 10.5 Å². The number of benzene rings is 1. The number of anilines is 1. The second-order valence-electron chi connectivity index (χ2n) is 9.58. The second kappa shape index (κ2) is 9.09. The van der Waals surface area contributed by atoms with E-state index >= 15 is 0 Å². The van der Waals surface area contributed by atoms with Gasteiger partial charge in [-0.1, -0.05) is 26.0 Å². The number of nitrogens with zero attached hydrogens (tertiary/aromatic N) is 1. The third-order valence-corrected chi connectivity index (χ3v) is 6.48. The van der Waals surface area contributed by atoms with Crippen LogP contribution >= 0.6 is 0 Å². The predicted molar refractivity (Wildman–Crippen MR) is 125 cm³/mol. The SMILES string of the molecule is COc1ccc(OC[C@H]2[C@H](c3ccc(NS(=O)(=O)NC(=O)OC(C)(C)C)cc3)C2(C)C)cn1. The fraction of sp³-hybridized carbons (Fsp3) is 0.478. The number of carbonyl (C=O) groups excluding carboxylic acids is 1. The lowest BCUT2D eigenvalue weighted by molar-refractivity contribution is 0.0570. The number of amides is 1. The molecule has 3 rings (SSSR count). The van der Waals surface area contributed by atoms with E-state index in [1.807, 2.05) is 22.9 Å². The van der Waals surface area contributed by atoms with Crippen molar-refractivity contribution < 1.29 is 27.4 Å². The Balaban J connectivity index is 1.58. The third kappa shape index (κ3) is 6.50. The number of rotatable bonds is 8. The molecule has 1 aromatic carbocycles. The molecule has 0 radical (unpaired) electrons. The molecule has 2 aromatic rings. The third-order valence-electron chi connectivity index (χ3n) is 5.54. The maximum atomic E-state index is 12.2. The lowest BCUT2D eigenvalue weighted by atomic mass is 10.0. The largest absolute Gasteiger partial charge is 0.492 e. The summed E-state index contributed by atoms with van der Waals surface area (Å²) in [6.07, 6.45) is 0.594. The Labute approximate surface area is 195 Å². The van der Waals surface area contributed by atoms with Gasteiger partial charge in [0.25, 0.3) is 0 Å². The van der Waals surface area contributed by atoms with Gasteiger partial charge in [0.15, 0.2) is 0 Å². The number of pyridine rings is 1. The van der Waals surface area contributed by atoms with E-state index in [9.17, 15) is 13.2 Å². The monoisotopic (exact) mass is 477 g/mol. The van der Waals surface area contributed by atoms with Crippen molar-refractivity contribution in [1.29, 1.82) is 0 Å². The summed E-state index contributed by atoms with van der Waals surface area (Å²) in [6.45, 7) is 9.85. The van der Waals surface area contributed by atoms with Gasteiger partial charge in [-0.25, -0.2) is 14.5 Å². The smallest absolute Gasteiger partial charge is 0.422 e. The molecule has 1 aromatic heterocycles. The van der Waals surface area contributed by atoms with Crippen LogP contribution in [0, 0.1) is 11.3 Å². The average Bonchev–Trinajstić information content (AvgIpc) is 3.25. The van der Waals surface area contributed by atoms with Gasteiger partial charge in [-0.15, -0.1) is 0 Å². The average molecular weight is 478 g/mol. The van der Waals surface area contributed by atoms with Crippen LogP contribution in [0.15, 0.2) is 42.6 Å². The van der Waals surface area contributed by atoms with Gasteiger partial charge < -0.3 is 14.2 Å². The van der Waals surface area contributed by atoms with Crippen LogP contribution in [0.2, 0.25) is 0 Å². The molecule has 0 unspecified atom stereocenters. The molecule has 1 saturated carbocycles. The molecule has 0 bridgehead atoms. The van der Waals surface area contributed by atoms with Gasteiger partial charge in [-0.05, 0) is 55.9 Å².